The second kappa shape index (κ2) is 2.95. The molecule has 13 heavy (non-hydrogen) atoms. The van der Waals surface area contributed by atoms with Gasteiger partial charge in [-0.1, -0.05) is 6.92 Å². The highest BCUT2D eigenvalue weighted by molar-refractivity contribution is 5.57. The maximum atomic E-state index is 5.75. The van der Waals surface area contributed by atoms with Crippen LogP contribution in [0.3, 0.4) is 0 Å². The topological polar surface area (TPSA) is 38.0 Å². The minimum Gasteiger partial charge on any atom is -0.399 e. The number of hydrogen-bond donors (Lipinski definition) is 2. The van der Waals surface area contributed by atoms with Crippen LogP contribution in [0.15, 0.2) is 18.2 Å². The summed E-state index contributed by atoms with van der Waals surface area (Å²) in [5.74, 6) is 0.821. The minimum absolute atomic E-state index is 0.668. The molecule has 0 aliphatic heterocycles. The second-order valence-electron chi connectivity index (χ2n) is 4.10. The van der Waals surface area contributed by atoms with Gasteiger partial charge in [-0.3, -0.25) is 0 Å². The summed E-state index contributed by atoms with van der Waals surface area (Å²) in [4.78, 5) is 0. The van der Waals surface area contributed by atoms with Gasteiger partial charge in [-0.2, -0.15) is 0 Å². The summed E-state index contributed by atoms with van der Waals surface area (Å²) >= 11 is 0. The van der Waals surface area contributed by atoms with Gasteiger partial charge in [0, 0.05) is 17.4 Å². The lowest BCUT2D eigenvalue weighted by molar-refractivity contribution is 0.929. The van der Waals surface area contributed by atoms with Crippen molar-refractivity contribution in [3.8, 4) is 0 Å². The molecule has 2 rings (SSSR count). The van der Waals surface area contributed by atoms with Crippen LogP contribution in [0, 0.1) is 12.8 Å². The van der Waals surface area contributed by atoms with Crippen LogP contribution < -0.4 is 11.1 Å². The van der Waals surface area contributed by atoms with E-state index < -0.39 is 0 Å². The molecular formula is C11H16N2. The van der Waals surface area contributed by atoms with Crippen LogP contribution in [0.1, 0.15) is 18.9 Å². The molecule has 1 aliphatic carbocycles. The van der Waals surface area contributed by atoms with E-state index in [4.69, 9.17) is 5.73 Å². The average Bonchev–Trinajstić information content (AvgIpc) is 2.63. The molecule has 1 aromatic rings. The van der Waals surface area contributed by atoms with E-state index in [1.807, 2.05) is 12.1 Å². The fraction of sp³-hybridized carbons (Fsp3) is 0.455. The van der Waals surface area contributed by atoms with E-state index in [2.05, 4.69) is 25.2 Å². The predicted octanol–water partition coefficient (Wildman–Crippen LogP) is 2.40. The molecule has 1 fully saturated rings. The van der Waals surface area contributed by atoms with Gasteiger partial charge in [-0.05, 0) is 43.0 Å². The van der Waals surface area contributed by atoms with E-state index >= 15 is 0 Å². The molecule has 1 saturated carbocycles. The first-order valence-corrected chi connectivity index (χ1v) is 4.79. The molecule has 70 valence electrons. The number of anilines is 2. The van der Waals surface area contributed by atoms with Crippen LogP contribution in [0.25, 0.3) is 0 Å². The maximum Gasteiger partial charge on any atom is 0.0365 e. The second-order valence-corrected chi connectivity index (χ2v) is 4.10. The minimum atomic E-state index is 0.668. The van der Waals surface area contributed by atoms with Gasteiger partial charge in [-0.15, -0.1) is 0 Å². The van der Waals surface area contributed by atoms with Crippen LogP contribution in [0.4, 0.5) is 11.4 Å². The molecule has 0 amide bonds. The number of benzene rings is 1. The average molecular weight is 176 g/mol. The van der Waals surface area contributed by atoms with Crippen LogP contribution in [0.2, 0.25) is 0 Å². The Morgan fingerprint density at radius 1 is 1.38 bits per heavy atom. The van der Waals surface area contributed by atoms with Crippen molar-refractivity contribution in [2.75, 3.05) is 11.1 Å². The molecule has 2 nitrogen and oxygen atoms in total. The lowest BCUT2D eigenvalue weighted by atomic mass is 10.2. The molecule has 0 bridgehead atoms. The highest BCUT2D eigenvalue weighted by Gasteiger charge is 2.32. The van der Waals surface area contributed by atoms with Gasteiger partial charge in [0.05, 0.1) is 0 Å². The molecular weight excluding hydrogens is 160 g/mol. The van der Waals surface area contributed by atoms with Gasteiger partial charge >= 0.3 is 0 Å². The van der Waals surface area contributed by atoms with Crippen molar-refractivity contribution in [3.05, 3.63) is 23.8 Å². The SMILES string of the molecule is Cc1cc(N)cc(NC2CC2C)c1. The first-order chi connectivity index (χ1) is 6.15. The standard InChI is InChI=1S/C11H16N2/c1-7-3-9(12)6-10(4-7)13-11-5-8(11)2/h3-4,6,8,11,13H,5,12H2,1-2H3. The van der Waals surface area contributed by atoms with Crippen molar-refractivity contribution in [2.24, 2.45) is 5.92 Å². The number of nitrogen functional groups attached to an aromatic ring is 1. The molecule has 3 N–H and O–H groups in total. The van der Waals surface area contributed by atoms with Crippen LogP contribution in [-0.4, -0.2) is 6.04 Å². The third kappa shape index (κ3) is 1.94. The number of nitrogens with two attached hydrogens (primary N) is 1. The van der Waals surface area contributed by atoms with E-state index in [9.17, 15) is 0 Å². The lowest BCUT2D eigenvalue weighted by Gasteiger charge is -2.07. The molecule has 0 aromatic heterocycles. The molecule has 0 saturated heterocycles. The van der Waals surface area contributed by atoms with Gasteiger partial charge in [0.25, 0.3) is 0 Å². The fourth-order valence-electron chi connectivity index (χ4n) is 1.63. The molecule has 0 heterocycles. The third-order valence-corrected chi connectivity index (χ3v) is 2.56. The van der Waals surface area contributed by atoms with Crippen LogP contribution in [0.5, 0.6) is 0 Å². The van der Waals surface area contributed by atoms with E-state index in [0.717, 1.165) is 17.3 Å². The summed E-state index contributed by atoms with van der Waals surface area (Å²) in [5, 5.41) is 3.47. The van der Waals surface area contributed by atoms with Gasteiger partial charge < -0.3 is 11.1 Å². The van der Waals surface area contributed by atoms with Gasteiger partial charge in [-0.25, -0.2) is 0 Å². The van der Waals surface area contributed by atoms with Crippen molar-refractivity contribution < 1.29 is 0 Å². The van der Waals surface area contributed by atoms with Crippen molar-refractivity contribution in [2.45, 2.75) is 26.3 Å². The Morgan fingerprint density at radius 2 is 2.08 bits per heavy atom. The van der Waals surface area contributed by atoms with Crippen molar-refractivity contribution in [3.63, 3.8) is 0 Å². The zero-order chi connectivity index (χ0) is 9.42. The Morgan fingerprint density at radius 3 is 2.62 bits per heavy atom. The molecule has 1 aromatic carbocycles. The number of rotatable bonds is 2. The molecule has 2 atom stereocenters. The first kappa shape index (κ1) is 8.42. The Kier molecular flexibility index (Phi) is 1.91. The summed E-state index contributed by atoms with van der Waals surface area (Å²) in [5.41, 5.74) is 8.97. The quantitative estimate of drug-likeness (QED) is 0.679. The van der Waals surface area contributed by atoms with Crippen LogP contribution in [-0.2, 0) is 0 Å². The third-order valence-electron chi connectivity index (χ3n) is 2.56. The number of aryl methyl sites for hydroxylation is 1. The zero-order valence-corrected chi connectivity index (χ0v) is 8.17. The van der Waals surface area contributed by atoms with E-state index in [1.54, 1.807) is 0 Å². The molecule has 1 aliphatic rings. The van der Waals surface area contributed by atoms with Crippen molar-refractivity contribution in [1.29, 1.82) is 0 Å². The Labute approximate surface area is 79.1 Å². The van der Waals surface area contributed by atoms with Gasteiger partial charge in [0.2, 0.25) is 0 Å². The van der Waals surface area contributed by atoms with Crippen LogP contribution >= 0.6 is 0 Å². The fourth-order valence-corrected chi connectivity index (χ4v) is 1.63. The number of nitrogens with one attached hydrogen (secondary N) is 1. The first-order valence-electron chi connectivity index (χ1n) is 4.79. The van der Waals surface area contributed by atoms with Crippen molar-refractivity contribution in [1.82, 2.24) is 0 Å². The smallest absolute Gasteiger partial charge is 0.0365 e. The summed E-state index contributed by atoms with van der Waals surface area (Å²) < 4.78 is 0. The highest BCUT2D eigenvalue weighted by Crippen LogP contribution is 2.33. The maximum absolute atomic E-state index is 5.75. The van der Waals surface area contributed by atoms with Gasteiger partial charge in [0.1, 0.15) is 0 Å². The summed E-state index contributed by atoms with van der Waals surface area (Å²) in [6, 6.07) is 6.79. The molecule has 0 spiro atoms. The summed E-state index contributed by atoms with van der Waals surface area (Å²) in [6.07, 6.45) is 1.29. The largest absolute Gasteiger partial charge is 0.399 e. The predicted molar refractivity (Wildman–Crippen MR) is 56.8 cm³/mol. The monoisotopic (exact) mass is 176 g/mol. The van der Waals surface area contributed by atoms with Gasteiger partial charge in [0.15, 0.2) is 0 Å². The number of hydrogen-bond acceptors (Lipinski definition) is 2. The zero-order valence-electron chi connectivity index (χ0n) is 8.17. The lowest BCUT2D eigenvalue weighted by Crippen LogP contribution is -2.04. The molecule has 0 radical (unpaired) electrons. The molecule has 2 heteroatoms. The van der Waals surface area contributed by atoms with E-state index in [0.29, 0.717) is 6.04 Å². The molecule has 2 unspecified atom stereocenters. The van der Waals surface area contributed by atoms with Crippen molar-refractivity contribution >= 4 is 11.4 Å². The summed E-state index contributed by atoms with van der Waals surface area (Å²) in [6.45, 7) is 4.33. The van der Waals surface area contributed by atoms with E-state index in [1.165, 1.54) is 12.0 Å². The Balaban J connectivity index is 2.11. The Hall–Kier alpha value is -1.18. The summed E-state index contributed by atoms with van der Waals surface area (Å²) in [7, 11) is 0. The highest BCUT2D eigenvalue weighted by atomic mass is 15.0. The van der Waals surface area contributed by atoms with E-state index in [-0.39, 0.29) is 0 Å². The normalized spacial score (nSPS) is 25.7. The Bertz CT molecular complexity index is 300.